The molecule has 146 valence electrons. The highest BCUT2D eigenvalue weighted by Gasteiger charge is 2.27. The van der Waals surface area contributed by atoms with Crippen LogP contribution in [0.25, 0.3) is 0 Å². The SMILES string of the molecule is Cc1nc(Nc2ccccc2)nc(N2CCc3cc(Cl)ccc3C2C)c1C.Cl. The first-order valence-corrected chi connectivity index (χ1v) is 9.63. The second kappa shape index (κ2) is 8.38. The molecule has 3 aromatic rings. The van der Waals surface area contributed by atoms with Crippen molar-refractivity contribution in [3.63, 3.8) is 0 Å². The lowest BCUT2D eigenvalue weighted by Gasteiger charge is -2.37. The standard InChI is InChI=1S/C22H23ClN4.ClH/c1-14-15(2)24-22(25-19-7-5-4-6-8-19)26-21(14)27-12-11-17-13-18(23)9-10-20(17)16(27)3;/h4-10,13,16H,11-12H2,1-3H3,(H,24,25,26);1H. The fraction of sp³-hybridized carbons (Fsp3) is 0.273. The number of nitrogens with zero attached hydrogens (tertiary/aromatic N) is 3. The Balaban J connectivity index is 0.00000225. The first-order chi connectivity index (χ1) is 13.0. The summed E-state index contributed by atoms with van der Waals surface area (Å²) < 4.78 is 0. The van der Waals surface area contributed by atoms with Crippen molar-refractivity contribution in [2.45, 2.75) is 33.2 Å². The summed E-state index contributed by atoms with van der Waals surface area (Å²) in [6.45, 7) is 7.28. The third kappa shape index (κ3) is 3.94. The molecule has 4 nitrogen and oxygen atoms in total. The molecule has 1 aromatic heterocycles. The van der Waals surface area contributed by atoms with E-state index in [1.807, 2.05) is 43.3 Å². The van der Waals surface area contributed by atoms with Gasteiger partial charge in [-0.3, -0.25) is 0 Å². The number of fused-ring (bicyclic) bond motifs is 1. The molecule has 2 aromatic carbocycles. The number of anilines is 3. The Kier molecular flexibility index (Phi) is 6.11. The van der Waals surface area contributed by atoms with Crippen LogP contribution in [0, 0.1) is 13.8 Å². The molecule has 0 saturated carbocycles. The Labute approximate surface area is 177 Å². The number of hydrogen-bond acceptors (Lipinski definition) is 4. The number of rotatable bonds is 3. The molecule has 4 rings (SSSR count). The normalized spacial score (nSPS) is 15.6. The minimum atomic E-state index is 0. The minimum absolute atomic E-state index is 0. The van der Waals surface area contributed by atoms with Crippen LogP contribution in [0.3, 0.4) is 0 Å². The zero-order valence-electron chi connectivity index (χ0n) is 16.2. The van der Waals surface area contributed by atoms with Gasteiger partial charge in [-0.25, -0.2) is 4.98 Å². The molecule has 0 saturated heterocycles. The molecule has 0 spiro atoms. The van der Waals surface area contributed by atoms with E-state index in [1.165, 1.54) is 11.1 Å². The van der Waals surface area contributed by atoms with E-state index < -0.39 is 0 Å². The highest BCUT2D eigenvalue weighted by atomic mass is 35.5. The zero-order chi connectivity index (χ0) is 19.0. The second-order valence-electron chi connectivity index (χ2n) is 7.03. The quantitative estimate of drug-likeness (QED) is 0.567. The third-order valence-corrected chi connectivity index (χ3v) is 5.55. The lowest BCUT2D eigenvalue weighted by atomic mass is 9.93. The molecule has 1 aliphatic heterocycles. The monoisotopic (exact) mass is 414 g/mol. The van der Waals surface area contributed by atoms with Gasteiger partial charge in [-0.15, -0.1) is 12.4 Å². The number of nitrogens with one attached hydrogen (secondary N) is 1. The van der Waals surface area contributed by atoms with Crippen molar-refractivity contribution < 1.29 is 0 Å². The van der Waals surface area contributed by atoms with E-state index in [-0.39, 0.29) is 18.4 Å². The van der Waals surface area contributed by atoms with E-state index >= 15 is 0 Å². The second-order valence-corrected chi connectivity index (χ2v) is 7.47. The molecule has 6 heteroatoms. The van der Waals surface area contributed by atoms with E-state index in [2.05, 4.69) is 41.2 Å². The highest BCUT2D eigenvalue weighted by molar-refractivity contribution is 6.30. The summed E-state index contributed by atoms with van der Waals surface area (Å²) in [5.74, 6) is 1.63. The Bertz CT molecular complexity index is 976. The van der Waals surface area contributed by atoms with Gasteiger partial charge in [-0.1, -0.05) is 35.9 Å². The van der Waals surface area contributed by atoms with Crippen LogP contribution in [0.4, 0.5) is 17.5 Å². The summed E-state index contributed by atoms with van der Waals surface area (Å²) in [5.41, 5.74) is 5.75. The molecule has 2 heterocycles. The van der Waals surface area contributed by atoms with Crippen molar-refractivity contribution in [3.05, 3.63) is 75.9 Å². The van der Waals surface area contributed by atoms with Gasteiger partial charge in [0.15, 0.2) is 0 Å². The van der Waals surface area contributed by atoms with Crippen molar-refractivity contribution >= 4 is 41.5 Å². The predicted octanol–water partition coefficient (Wildman–Crippen LogP) is 6.04. The summed E-state index contributed by atoms with van der Waals surface area (Å²) in [7, 11) is 0. The topological polar surface area (TPSA) is 41.1 Å². The van der Waals surface area contributed by atoms with Gasteiger partial charge in [-0.05, 0) is 62.6 Å². The van der Waals surface area contributed by atoms with Crippen molar-refractivity contribution in [1.82, 2.24) is 9.97 Å². The smallest absolute Gasteiger partial charge is 0.229 e. The predicted molar refractivity (Wildman–Crippen MR) is 119 cm³/mol. The molecule has 1 unspecified atom stereocenters. The zero-order valence-corrected chi connectivity index (χ0v) is 17.8. The van der Waals surface area contributed by atoms with Crippen LogP contribution < -0.4 is 10.2 Å². The number of hydrogen-bond donors (Lipinski definition) is 1. The van der Waals surface area contributed by atoms with Gasteiger partial charge in [0.05, 0.1) is 6.04 Å². The Hall–Kier alpha value is -2.30. The van der Waals surface area contributed by atoms with Crippen molar-refractivity contribution in [1.29, 1.82) is 0 Å². The number of benzene rings is 2. The van der Waals surface area contributed by atoms with Gasteiger partial charge in [-0.2, -0.15) is 4.98 Å². The van der Waals surface area contributed by atoms with Crippen LogP contribution in [0.15, 0.2) is 48.5 Å². The van der Waals surface area contributed by atoms with Gasteiger partial charge in [0.1, 0.15) is 5.82 Å². The maximum atomic E-state index is 6.18. The molecule has 1 atom stereocenters. The first-order valence-electron chi connectivity index (χ1n) is 9.25. The molecular weight excluding hydrogens is 391 g/mol. The molecule has 1 N–H and O–H groups in total. The van der Waals surface area contributed by atoms with Crippen LogP contribution in [0.5, 0.6) is 0 Å². The van der Waals surface area contributed by atoms with Crippen LogP contribution in [-0.4, -0.2) is 16.5 Å². The maximum absolute atomic E-state index is 6.18. The van der Waals surface area contributed by atoms with Crippen LogP contribution in [0.2, 0.25) is 5.02 Å². The summed E-state index contributed by atoms with van der Waals surface area (Å²) in [4.78, 5) is 11.9. The minimum Gasteiger partial charge on any atom is -0.349 e. The Morgan fingerprint density at radius 2 is 1.82 bits per heavy atom. The Morgan fingerprint density at radius 1 is 1.07 bits per heavy atom. The first kappa shape index (κ1) is 20.4. The van der Waals surface area contributed by atoms with Crippen LogP contribution in [-0.2, 0) is 6.42 Å². The van der Waals surface area contributed by atoms with E-state index in [0.29, 0.717) is 5.95 Å². The summed E-state index contributed by atoms with van der Waals surface area (Å²) in [5, 5.41) is 4.13. The number of aromatic nitrogens is 2. The highest BCUT2D eigenvalue weighted by Crippen LogP contribution is 2.36. The molecule has 0 fully saturated rings. The molecular formula is C22H24Cl2N4. The third-order valence-electron chi connectivity index (χ3n) is 5.31. The largest absolute Gasteiger partial charge is 0.349 e. The maximum Gasteiger partial charge on any atom is 0.229 e. The molecule has 28 heavy (non-hydrogen) atoms. The summed E-state index contributed by atoms with van der Waals surface area (Å²) in [6, 6.07) is 16.5. The van der Waals surface area contributed by atoms with Gasteiger partial charge < -0.3 is 10.2 Å². The van der Waals surface area contributed by atoms with E-state index in [1.54, 1.807) is 0 Å². The lowest BCUT2D eigenvalue weighted by Crippen LogP contribution is -2.35. The summed E-state index contributed by atoms with van der Waals surface area (Å²) in [6.07, 6.45) is 0.962. The van der Waals surface area contributed by atoms with Crippen molar-refractivity contribution in [2.24, 2.45) is 0 Å². The molecule has 0 amide bonds. The van der Waals surface area contributed by atoms with Crippen LogP contribution in [0.1, 0.15) is 35.3 Å². The van der Waals surface area contributed by atoms with E-state index in [0.717, 1.165) is 40.8 Å². The fourth-order valence-corrected chi connectivity index (χ4v) is 3.88. The molecule has 0 aliphatic carbocycles. The van der Waals surface area contributed by atoms with Crippen LogP contribution >= 0.6 is 24.0 Å². The van der Waals surface area contributed by atoms with Crippen molar-refractivity contribution in [2.75, 3.05) is 16.8 Å². The van der Waals surface area contributed by atoms with Gasteiger partial charge in [0.25, 0.3) is 0 Å². The number of aryl methyl sites for hydroxylation is 1. The number of halogens is 2. The van der Waals surface area contributed by atoms with Gasteiger partial charge in [0, 0.05) is 28.5 Å². The van der Waals surface area contributed by atoms with Gasteiger partial charge in [0.2, 0.25) is 5.95 Å². The summed E-state index contributed by atoms with van der Waals surface area (Å²) >= 11 is 6.18. The number of para-hydroxylation sites is 1. The van der Waals surface area contributed by atoms with E-state index in [4.69, 9.17) is 16.6 Å². The molecule has 1 aliphatic rings. The average molecular weight is 415 g/mol. The van der Waals surface area contributed by atoms with Crippen molar-refractivity contribution in [3.8, 4) is 0 Å². The molecule has 0 bridgehead atoms. The van der Waals surface area contributed by atoms with Gasteiger partial charge >= 0.3 is 0 Å². The average Bonchev–Trinajstić information content (AvgIpc) is 2.66. The molecule has 0 radical (unpaired) electrons. The van der Waals surface area contributed by atoms with E-state index in [9.17, 15) is 0 Å². The fourth-order valence-electron chi connectivity index (χ4n) is 3.69. The Morgan fingerprint density at radius 3 is 2.57 bits per heavy atom. The lowest BCUT2D eigenvalue weighted by molar-refractivity contribution is 0.614.